The maximum absolute atomic E-state index is 5.78. The van der Waals surface area contributed by atoms with Crippen LogP contribution in [0.5, 0.6) is 11.5 Å². The third-order valence-electron chi connectivity index (χ3n) is 9.20. The van der Waals surface area contributed by atoms with Gasteiger partial charge in [-0.05, 0) is 110 Å². The molecule has 4 rings (SSSR count). The van der Waals surface area contributed by atoms with Gasteiger partial charge in [-0.25, -0.2) is 0 Å². The Morgan fingerprint density at radius 3 is 1.27 bits per heavy atom. The molecule has 0 N–H and O–H groups in total. The van der Waals surface area contributed by atoms with Gasteiger partial charge >= 0.3 is 7.69 Å². The molecule has 0 spiro atoms. The summed E-state index contributed by atoms with van der Waals surface area (Å²) in [5, 5.41) is 0. The molecule has 201 valence electrons. The van der Waals surface area contributed by atoms with Crippen LogP contribution in [-0.4, -0.2) is 7.69 Å². The van der Waals surface area contributed by atoms with Crippen LogP contribution in [0.25, 0.3) is 0 Å². The van der Waals surface area contributed by atoms with E-state index in [0.717, 1.165) is 23.3 Å². The first-order valence-corrected chi connectivity index (χ1v) is 15.6. The molecule has 0 heterocycles. The van der Waals surface area contributed by atoms with E-state index in [9.17, 15) is 0 Å². The van der Waals surface area contributed by atoms with Crippen molar-refractivity contribution >= 4 is 7.69 Å². The van der Waals surface area contributed by atoms with Gasteiger partial charge in [0, 0.05) is 0 Å². The van der Waals surface area contributed by atoms with E-state index in [1.54, 1.807) is 0 Å². The Kier molecular flexibility index (Phi) is 11.8. The van der Waals surface area contributed by atoms with Gasteiger partial charge in [-0.3, -0.25) is 0 Å². The van der Waals surface area contributed by atoms with Gasteiger partial charge in [-0.15, -0.1) is 0 Å². The number of benzene rings is 2. The molecule has 2 saturated carbocycles. The minimum absolute atomic E-state index is 0.714. The summed E-state index contributed by atoms with van der Waals surface area (Å²) in [6.07, 6.45) is 22.1. The lowest BCUT2D eigenvalue weighted by atomic mass is 9.77. The molecule has 3 heteroatoms. The van der Waals surface area contributed by atoms with Crippen molar-refractivity contribution in [2.45, 2.75) is 128 Å². The maximum atomic E-state index is 5.78. The molecule has 0 unspecified atom stereocenters. The first-order chi connectivity index (χ1) is 18.2. The Balaban J connectivity index is 1.14. The molecule has 0 saturated heterocycles. The Labute approximate surface area is 228 Å². The molecule has 1 radical (unpaired) electrons. The fraction of sp³-hybridized carbons (Fsp3) is 0.647. The van der Waals surface area contributed by atoms with Crippen LogP contribution < -0.4 is 9.31 Å². The van der Waals surface area contributed by atoms with Gasteiger partial charge in [0.15, 0.2) is 0 Å². The SMILES string of the molecule is CCCCCC1CCC(c2ccc(O[B]Oc3ccc(C4CCC(CCCCC)CC4)cc3)cc2)CC1. The van der Waals surface area contributed by atoms with Crippen LogP contribution in [0, 0.1) is 11.8 Å². The summed E-state index contributed by atoms with van der Waals surface area (Å²) in [6.45, 7) is 4.60. The van der Waals surface area contributed by atoms with Crippen molar-refractivity contribution < 1.29 is 9.31 Å². The second kappa shape index (κ2) is 15.5. The molecule has 37 heavy (non-hydrogen) atoms. The van der Waals surface area contributed by atoms with E-state index >= 15 is 0 Å². The summed E-state index contributed by atoms with van der Waals surface area (Å²) in [5.74, 6) is 5.02. The predicted molar refractivity (Wildman–Crippen MR) is 158 cm³/mol. The Morgan fingerprint density at radius 1 is 0.541 bits per heavy atom. The van der Waals surface area contributed by atoms with Crippen molar-refractivity contribution in [1.29, 1.82) is 0 Å². The van der Waals surface area contributed by atoms with E-state index in [-0.39, 0.29) is 0 Å². The van der Waals surface area contributed by atoms with Gasteiger partial charge in [-0.1, -0.05) is 89.5 Å². The molecule has 0 aromatic heterocycles. The van der Waals surface area contributed by atoms with Crippen molar-refractivity contribution in [3.8, 4) is 11.5 Å². The van der Waals surface area contributed by atoms with Crippen molar-refractivity contribution in [1.82, 2.24) is 0 Å². The van der Waals surface area contributed by atoms with Gasteiger partial charge < -0.3 is 9.31 Å². The second-order valence-corrected chi connectivity index (χ2v) is 11.9. The van der Waals surface area contributed by atoms with Crippen molar-refractivity contribution in [3.63, 3.8) is 0 Å². The van der Waals surface area contributed by atoms with Gasteiger partial charge in [-0.2, -0.15) is 0 Å². The number of hydrogen-bond acceptors (Lipinski definition) is 2. The van der Waals surface area contributed by atoms with Crippen LogP contribution in [0.4, 0.5) is 0 Å². The zero-order valence-corrected chi connectivity index (χ0v) is 23.6. The molecule has 2 nitrogen and oxygen atoms in total. The first kappa shape index (κ1) is 28.1. The van der Waals surface area contributed by atoms with Gasteiger partial charge in [0.1, 0.15) is 11.5 Å². The van der Waals surface area contributed by atoms with Crippen LogP contribution in [0.1, 0.15) is 140 Å². The summed E-state index contributed by atoms with van der Waals surface area (Å²) < 4.78 is 11.6. The predicted octanol–water partition coefficient (Wildman–Crippen LogP) is 10.4. The van der Waals surface area contributed by atoms with E-state index in [4.69, 9.17) is 9.31 Å². The molecule has 0 amide bonds. The smallest absolute Gasteiger partial charge is 0.526 e. The summed E-state index contributed by atoms with van der Waals surface area (Å²) in [5.41, 5.74) is 2.93. The lowest BCUT2D eigenvalue weighted by molar-refractivity contribution is 0.302. The number of rotatable bonds is 14. The number of hydrogen-bond donors (Lipinski definition) is 0. The lowest BCUT2D eigenvalue weighted by Crippen LogP contribution is -2.14. The zero-order chi connectivity index (χ0) is 25.7. The molecule has 2 aromatic rings. The summed E-state index contributed by atoms with van der Waals surface area (Å²) in [4.78, 5) is 0. The highest BCUT2D eigenvalue weighted by molar-refractivity contribution is 6.20. The van der Waals surface area contributed by atoms with E-state index in [1.165, 1.54) is 122 Å². The van der Waals surface area contributed by atoms with Crippen LogP contribution in [0.3, 0.4) is 0 Å². The Hall–Kier alpha value is -1.90. The normalized spacial score (nSPS) is 23.9. The van der Waals surface area contributed by atoms with Crippen LogP contribution in [-0.2, 0) is 0 Å². The third kappa shape index (κ3) is 9.11. The lowest BCUT2D eigenvalue weighted by Gasteiger charge is -2.29. The molecule has 0 aliphatic heterocycles. The maximum Gasteiger partial charge on any atom is 0.658 e. The minimum atomic E-state index is 0.714. The topological polar surface area (TPSA) is 18.5 Å². The highest BCUT2D eigenvalue weighted by Gasteiger charge is 2.23. The van der Waals surface area contributed by atoms with Gasteiger partial charge in [0.05, 0.1) is 0 Å². The third-order valence-corrected chi connectivity index (χ3v) is 9.20. The van der Waals surface area contributed by atoms with Gasteiger partial charge in [0.2, 0.25) is 0 Å². The summed E-state index contributed by atoms with van der Waals surface area (Å²) in [7, 11) is 1.47. The Morgan fingerprint density at radius 2 is 0.919 bits per heavy atom. The van der Waals surface area contributed by atoms with Crippen LogP contribution >= 0.6 is 0 Å². The Bertz CT molecular complexity index is 788. The quantitative estimate of drug-likeness (QED) is 0.189. The second-order valence-electron chi connectivity index (χ2n) is 11.9. The van der Waals surface area contributed by atoms with E-state index in [0.29, 0.717) is 11.8 Å². The average Bonchev–Trinajstić information content (AvgIpc) is 2.95. The molecular weight excluding hydrogens is 451 g/mol. The summed E-state index contributed by atoms with van der Waals surface area (Å²) in [6, 6.07) is 17.3. The molecule has 0 atom stereocenters. The highest BCUT2D eigenvalue weighted by atomic mass is 16.6. The first-order valence-electron chi connectivity index (χ1n) is 15.6. The minimum Gasteiger partial charge on any atom is -0.526 e. The molecule has 2 aliphatic rings. The van der Waals surface area contributed by atoms with E-state index < -0.39 is 0 Å². The standard InChI is InChI=1S/C34H50BO2/c1-3-5-7-9-27-11-15-29(16-12-27)31-19-23-33(24-20-31)36-35-37-34-25-21-32(22-26-34)30-17-13-28(14-18-30)10-8-6-4-2/h19-30H,3-18H2,1-2H3. The molecule has 2 aliphatic carbocycles. The molecule has 0 bridgehead atoms. The largest absolute Gasteiger partial charge is 0.658 e. The van der Waals surface area contributed by atoms with Crippen LogP contribution in [0.15, 0.2) is 48.5 Å². The number of unbranched alkanes of at least 4 members (excludes halogenated alkanes) is 4. The fourth-order valence-corrected chi connectivity index (χ4v) is 6.71. The van der Waals surface area contributed by atoms with Gasteiger partial charge in [0.25, 0.3) is 0 Å². The van der Waals surface area contributed by atoms with Crippen molar-refractivity contribution in [2.75, 3.05) is 0 Å². The average molecular weight is 502 g/mol. The highest BCUT2D eigenvalue weighted by Crippen LogP contribution is 2.39. The monoisotopic (exact) mass is 501 g/mol. The molecular formula is C34H50BO2. The fourth-order valence-electron chi connectivity index (χ4n) is 6.71. The van der Waals surface area contributed by atoms with Crippen LogP contribution in [0.2, 0.25) is 0 Å². The summed E-state index contributed by atoms with van der Waals surface area (Å²) >= 11 is 0. The molecule has 2 aromatic carbocycles. The zero-order valence-electron chi connectivity index (χ0n) is 23.6. The van der Waals surface area contributed by atoms with Crippen molar-refractivity contribution in [2.24, 2.45) is 11.8 Å². The van der Waals surface area contributed by atoms with E-state index in [2.05, 4.69) is 62.4 Å². The van der Waals surface area contributed by atoms with E-state index in [1.807, 2.05) is 0 Å². The molecule has 2 fully saturated rings. The van der Waals surface area contributed by atoms with Crippen molar-refractivity contribution in [3.05, 3.63) is 59.7 Å².